The fraction of sp³-hybridized carbons (Fsp3) is 0. The molecule has 0 unspecified atom stereocenters. The van der Waals surface area contributed by atoms with E-state index in [2.05, 4.69) is 109 Å². The van der Waals surface area contributed by atoms with Crippen molar-refractivity contribution in [3.63, 3.8) is 0 Å². The second kappa shape index (κ2) is 9.73. The van der Waals surface area contributed by atoms with Crippen molar-refractivity contribution < 1.29 is 38.5 Å². The van der Waals surface area contributed by atoms with Crippen LogP contribution in [0.25, 0.3) is 32.7 Å². The third-order valence-corrected chi connectivity index (χ3v) is 7.70. The molecule has 0 aliphatic heterocycles. The van der Waals surface area contributed by atoms with Gasteiger partial charge in [-0.15, -0.1) is 0 Å². The SMILES string of the molecule is F[B-](F)(F)F.c1ccc([I+]c2ccc3ccccc3c2-c2cccc3ccccc23)cc1. The van der Waals surface area contributed by atoms with E-state index in [1.165, 1.54) is 39.8 Å². The molecule has 0 nitrogen and oxygen atoms in total. The lowest BCUT2D eigenvalue weighted by Gasteiger charge is -2.10. The average Bonchev–Trinajstić information content (AvgIpc) is 2.78. The first-order valence-corrected chi connectivity index (χ1v) is 12.1. The molecule has 0 spiro atoms. The molecular weight excluding hydrogens is 526 g/mol. The summed E-state index contributed by atoms with van der Waals surface area (Å²) in [6.45, 7) is 0. The van der Waals surface area contributed by atoms with Crippen molar-refractivity contribution in [2.45, 2.75) is 0 Å². The summed E-state index contributed by atoms with van der Waals surface area (Å²) in [6.07, 6.45) is 0. The van der Waals surface area contributed by atoms with Crippen LogP contribution >= 0.6 is 0 Å². The second-order valence-corrected chi connectivity index (χ2v) is 10.0. The maximum atomic E-state index is 9.75. The Kier molecular flexibility index (Phi) is 6.79. The molecule has 0 saturated carbocycles. The Labute approximate surface area is 194 Å². The molecule has 5 rings (SSSR count). The number of benzene rings is 5. The van der Waals surface area contributed by atoms with Crippen LogP contribution in [0, 0.1) is 7.14 Å². The first-order valence-electron chi connectivity index (χ1n) is 9.97. The number of hydrogen-bond donors (Lipinski definition) is 0. The summed E-state index contributed by atoms with van der Waals surface area (Å²) in [5.41, 5.74) is 2.75. The van der Waals surface area contributed by atoms with Gasteiger partial charge in [0.25, 0.3) is 0 Å². The summed E-state index contributed by atoms with van der Waals surface area (Å²) in [4.78, 5) is 0. The van der Waals surface area contributed by atoms with Gasteiger partial charge in [0.1, 0.15) is 0 Å². The molecule has 160 valence electrons. The van der Waals surface area contributed by atoms with Crippen LogP contribution < -0.4 is 21.2 Å². The third kappa shape index (κ3) is 5.48. The molecule has 0 aromatic heterocycles. The summed E-state index contributed by atoms with van der Waals surface area (Å²) in [5.74, 6) is 0. The number of fused-ring (bicyclic) bond motifs is 2. The molecule has 6 heteroatoms. The van der Waals surface area contributed by atoms with Crippen LogP contribution in [0.15, 0.2) is 109 Å². The maximum absolute atomic E-state index is 9.75. The lowest BCUT2D eigenvalue weighted by Crippen LogP contribution is -3.61. The molecule has 0 N–H and O–H groups in total. The minimum atomic E-state index is -6.00. The molecule has 0 atom stereocenters. The molecule has 0 amide bonds. The fourth-order valence-electron chi connectivity index (χ4n) is 3.64. The van der Waals surface area contributed by atoms with Gasteiger partial charge in [0.15, 0.2) is 3.57 Å². The zero-order valence-electron chi connectivity index (χ0n) is 16.9. The third-order valence-electron chi connectivity index (χ3n) is 4.88. The highest BCUT2D eigenvalue weighted by Crippen LogP contribution is 2.33. The Hall–Kier alpha value is -2.87. The predicted molar refractivity (Wildman–Crippen MR) is 121 cm³/mol. The molecule has 5 aromatic carbocycles. The Morgan fingerprint density at radius 2 is 1.03 bits per heavy atom. The monoisotopic (exact) mass is 544 g/mol. The van der Waals surface area contributed by atoms with E-state index in [1.54, 1.807) is 0 Å². The molecule has 0 fully saturated rings. The van der Waals surface area contributed by atoms with E-state index in [9.17, 15) is 17.3 Å². The van der Waals surface area contributed by atoms with Crippen LogP contribution in [0.2, 0.25) is 0 Å². The summed E-state index contributed by atoms with van der Waals surface area (Å²) >= 11 is -0.250. The molecule has 0 radical (unpaired) electrons. The minimum Gasteiger partial charge on any atom is -0.418 e. The lowest BCUT2D eigenvalue weighted by molar-refractivity contribution is -0.596. The van der Waals surface area contributed by atoms with Gasteiger partial charge in [-0.3, -0.25) is 0 Å². The first-order chi connectivity index (χ1) is 15.4. The van der Waals surface area contributed by atoms with Gasteiger partial charge in [-0.1, -0.05) is 84.9 Å². The molecular formula is C26H18BF4I. The van der Waals surface area contributed by atoms with E-state index in [0.29, 0.717) is 0 Å². The summed E-state index contributed by atoms with van der Waals surface area (Å²) < 4.78 is 41.9. The highest BCUT2D eigenvalue weighted by atomic mass is 127. The van der Waals surface area contributed by atoms with Gasteiger partial charge in [-0.05, 0) is 51.4 Å². The van der Waals surface area contributed by atoms with Crippen LogP contribution in [0.4, 0.5) is 17.3 Å². The van der Waals surface area contributed by atoms with E-state index >= 15 is 0 Å². The van der Waals surface area contributed by atoms with E-state index in [4.69, 9.17) is 0 Å². The predicted octanol–water partition coefficient (Wildman–Crippen LogP) is 5.09. The fourth-order valence-corrected chi connectivity index (χ4v) is 6.29. The van der Waals surface area contributed by atoms with Gasteiger partial charge in [-0.25, -0.2) is 0 Å². The van der Waals surface area contributed by atoms with Crippen LogP contribution in [0.3, 0.4) is 0 Å². The Morgan fingerprint density at radius 1 is 0.500 bits per heavy atom. The molecule has 0 saturated heterocycles. The minimum absolute atomic E-state index is 0.250. The van der Waals surface area contributed by atoms with Crippen molar-refractivity contribution in [2.24, 2.45) is 0 Å². The van der Waals surface area contributed by atoms with E-state index < -0.39 is 7.25 Å². The Morgan fingerprint density at radius 3 is 1.72 bits per heavy atom. The summed E-state index contributed by atoms with van der Waals surface area (Å²) in [5, 5.41) is 5.28. The topological polar surface area (TPSA) is 0 Å². The van der Waals surface area contributed by atoms with Crippen molar-refractivity contribution >= 4 is 28.8 Å². The number of halogens is 5. The molecule has 32 heavy (non-hydrogen) atoms. The molecule has 0 bridgehead atoms. The van der Waals surface area contributed by atoms with Crippen LogP contribution in [-0.4, -0.2) is 7.25 Å². The Balaban J connectivity index is 0.000000444. The standard InChI is InChI=1S/C26H18I.BF4/c1-2-12-21(13-3-1)27-25-18-17-20-10-5-7-15-23(20)26(25)24-16-8-11-19-9-4-6-14-22(19)24;2-1(3,4)5/h1-18H;/q+1;-1. The van der Waals surface area contributed by atoms with E-state index in [-0.39, 0.29) is 21.2 Å². The number of hydrogen-bond acceptors (Lipinski definition) is 0. The number of rotatable bonds is 3. The normalized spacial score (nSPS) is 11.2. The van der Waals surface area contributed by atoms with E-state index in [1.807, 2.05) is 0 Å². The molecule has 5 aromatic rings. The maximum Gasteiger partial charge on any atom is 0.673 e. The largest absolute Gasteiger partial charge is 0.673 e. The highest BCUT2D eigenvalue weighted by Gasteiger charge is 2.23. The second-order valence-electron chi connectivity index (χ2n) is 7.06. The van der Waals surface area contributed by atoms with Crippen molar-refractivity contribution in [2.75, 3.05) is 0 Å². The van der Waals surface area contributed by atoms with Gasteiger partial charge in [0.05, 0.1) is 0 Å². The van der Waals surface area contributed by atoms with Crippen LogP contribution in [0.1, 0.15) is 0 Å². The zero-order chi connectivity index (χ0) is 22.6. The van der Waals surface area contributed by atoms with Crippen molar-refractivity contribution in [3.8, 4) is 11.1 Å². The van der Waals surface area contributed by atoms with Gasteiger partial charge in [0, 0.05) is 5.56 Å². The summed E-state index contributed by atoms with van der Waals surface area (Å²) in [6, 6.07) is 39.7. The lowest BCUT2D eigenvalue weighted by atomic mass is 9.94. The van der Waals surface area contributed by atoms with Crippen molar-refractivity contribution in [1.82, 2.24) is 0 Å². The van der Waals surface area contributed by atoms with Crippen molar-refractivity contribution in [3.05, 3.63) is 116 Å². The molecule has 0 aliphatic carbocycles. The first kappa shape index (κ1) is 22.3. The van der Waals surface area contributed by atoms with Crippen LogP contribution in [-0.2, 0) is 0 Å². The zero-order valence-corrected chi connectivity index (χ0v) is 19.0. The van der Waals surface area contributed by atoms with Gasteiger partial charge in [-0.2, -0.15) is 0 Å². The van der Waals surface area contributed by atoms with Gasteiger partial charge in [0.2, 0.25) is 3.57 Å². The molecule has 0 aliphatic rings. The Bertz CT molecular complexity index is 1340. The summed E-state index contributed by atoms with van der Waals surface area (Å²) in [7, 11) is -6.00. The van der Waals surface area contributed by atoms with Gasteiger partial charge >= 0.3 is 28.5 Å². The quantitative estimate of drug-likeness (QED) is 0.169. The highest BCUT2D eigenvalue weighted by molar-refractivity contribution is 6.50. The smallest absolute Gasteiger partial charge is 0.418 e. The van der Waals surface area contributed by atoms with Crippen molar-refractivity contribution in [1.29, 1.82) is 0 Å². The van der Waals surface area contributed by atoms with E-state index in [0.717, 1.165) is 0 Å². The van der Waals surface area contributed by atoms with Crippen LogP contribution in [0.5, 0.6) is 0 Å². The average molecular weight is 544 g/mol. The molecule has 0 heterocycles. The van der Waals surface area contributed by atoms with Gasteiger partial charge < -0.3 is 17.3 Å².